The summed E-state index contributed by atoms with van der Waals surface area (Å²) in [5.74, 6) is 0.144. The Morgan fingerprint density at radius 2 is 2.04 bits per heavy atom. The third-order valence-corrected chi connectivity index (χ3v) is 5.02. The molecule has 0 bridgehead atoms. The van der Waals surface area contributed by atoms with E-state index in [1.807, 2.05) is 31.2 Å². The Labute approximate surface area is 160 Å². The fourth-order valence-electron chi connectivity index (χ4n) is 3.27. The molecular formula is C20H17ClFN3O2. The molecule has 0 N–H and O–H groups in total. The largest absolute Gasteiger partial charge is 0.337 e. The van der Waals surface area contributed by atoms with E-state index in [0.717, 1.165) is 30.0 Å². The maximum Gasteiger partial charge on any atom is 0.256 e. The minimum Gasteiger partial charge on any atom is -0.337 e. The molecule has 1 saturated heterocycles. The molecule has 1 aliphatic rings. The van der Waals surface area contributed by atoms with Gasteiger partial charge in [0.2, 0.25) is 11.7 Å². The van der Waals surface area contributed by atoms with Gasteiger partial charge in [0.25, 0.3) is 5.91 Å². The average Bonchev–Trinajstić information content (AvgIpc) is 3.31. The summed E-state index contributed by atoms with van der Waals surface area (Å²) in [6.45, 7) is 2.56. The number of carbonyl (C=O) groups is 1. The Hall–Kier alpha value is -2.73. The van der Waals surface area contributed by atoms with Crippen molar-refractivity contribution in [1.82, 2.24) is 15.0 Å². The second kappa shape index (κ2) is 7.12. The highest BCUT2D eigenvalue weighted by Crippen LogP contribution is 2.34. The fourth-order valence-corrected chi connectivity index (χ4v) is 3.52. The SMILES string of the molecule is Cc1ccc(-c2noc(C3CCCN3C(=O)c3ccc(F)cc3Cl)n2)cc1. The Balaban J connectivity index is 1.60. The summed E-state index contributed by atoms with van der Waals surface area (Å²) in [4.78, 5) is 19.1. The lowest BCUT2D eigenvalue weighted by molar-refractivity contribution is 0.0710. The highest BCUT2D eigenvalue weighted by Gasteiger charge is 2.35. The number of aryl methyl sites for hydroxylation is 1. The number of hydrogen-bond donors (Lipinski definition) is 0. The van der Waals surface area contributed by atoms with Crippen molar-refractivity contribution in [2.75, 3.05) is 6.54 Å². The number of rotatable bonds is 3. The zero-order valence-corrected chi connectivity index (χ0v) is 15.4. The molecule has 1 amide bonds. The van der Waals surface area contributed by atoms with Gasteiger partial charge in [0.1, 0.15) is 11.9 Å². The quantitative estimate of drug-likeness (QED) is 0.648. The van der Waals surface area contributed by atoms with Crippen LogP contribution in [0.1, 0.15) is 40.7 Å². The summed E-state index contributed by atoms with van der Waals surface area (Å²) in [5.41, 5.74) is 2.27. The van der Waals surface area contributed by atoms with Gasteiger partial charge in [0, 0.05) is 12.1 Å². The predicted octanol–water partition coefficient (Wildman–Crippen LogP) is 4.81. The van der Waals surface area contributed by atoms with Crippen LogP contribution in [-0.2, 0) is 0 Å². The zero-order valence-electron chi connectivity index (χ0n) is 14.7. The normalized spacial score (nSPS) is 16.7. The summed E-state index contributed by atoms with van der Waals surface area (Å²) >= 11 is 6.05. The van der Waals surface area contributed by atoms with Gasteiger partial charge >= 0.3 is 0 Å². The van der Waals surface area contributed by atoms with Crippen molar-refractivity contribution in [2.24, 2.45) is 0 Å². The van der Waals surface area contributed by atoms with E-state index in [2.05, 4.69) is 10.1 Å². The lowest BCUT2D eigenvalue weighted by atomic mass is 10.1. The molecular weight excluding hydrogens is 369 g/mol. The van der Waals surface area contributed by atoms with E-state index >= 15 is 0 Å². The molecule has 4 rings (SSSR count). The number of halogens is 2. The molecule has 0 radical (unpaired) electrons. The second-order valence-corrected chi connectivity index (χ2v) is 7.01. The first kappa shape index (κ1) is 17.7. The van der Waals surface area contributed by atoms with E-state index in [-0.39, 0.29) is 22.5 Å². The molecule has 0 spiro atoms. The Kier molecular flexibility index (Phi) is 4.66. The maximum atomic E-state index is 13.3. The minimum atomic E-state index is -0.478. The van der Waals surface area contributed by atoms with Crippen LogP contribution in [0.5, 0.6) is 0 Å². The summed E-state index contributed by atoms with van der Waals surface area (Å²) in [6, 6.07) is 11.3. The van der Waals surface area contributed by atoms with E-state index in [0.29, 0.717) is 18.3 Å². The molecule has 1 fully saturated rings. The molecule has 3 aromatic rings. The molecule has 1 aliphatic heterocycles. The molecule has 27 heavy (non-hydrogen) atoms. The van der Waals surface area contributed by atoms with Gasteiger partial charge in [-0.25, -0.2) is 4.39 Å². The molecule has 2 aromatic carbocycles. The van der Waals surface area contributed by atoms with E-state index in [9.17, 15) is 9.18 Å². The third kappa shape index (κ3) is 3.45. The molecule has 0 aliphatic carbocycles. The highest BCUT2D eigenvalue weighted by atomic mass is 35.5. The van der Waals surface area contributed by atoms with Gasteiger partial charge in [-0.1, -0.05) is 46.6 Å². The van der Waals surface area contributed by atoms with Crippen LogP contribution in [-0.4, -0.2) is 27.5 Å². The number of nitrogens with zero attached hydrogens (tertiary/aromatic N) is 3. The van der Waals surface area contributed by atoms with Gasteiger partial charge in [0.05, 0.1) is 10.6 Å². The standard InChI is InChI=1S/C20H17ClFN3O2/c1-12-4-6-13(7-5-12)18-23-19(27-24-18)17-3-2-10-25(17)20(26)15-9-8-14(22)11-16(15)21/h4-9,11,17H,2-3,10H2,1H3. The fraction of sp³-hybridized carbons (Fsp3) is 0.250. The number of aromatic nitrogens is 2. The molecule has 2 heterocycles. The molecule has 0 saturated carbocycles. The van der Waals surface area contributed by atoms with Crippen molar-refractivity contribution in [1.29, 1.82) is 0 Å². The van der Waals surface area contributed by atoms with Crippen molar-refractivity contribution in [2.45, 2.75) is 25.8 Å². The van der Waals surface area contributed by atoms with Crippen molar-refractivity contribution < 1.29 is 13.7 Å². The zero-order chi connectivity index (χ0) is 19.0. The first-order valence-corrected chi connectivity index (χ1v) is 9.07. The lowest BCUT2D eigenvalue weighted by Gasteiger charge is -2.22. The van der Waals surface area contributed by atoms with Crippen LogP contribution in [0.3, 0.4) is 0 Å². The molecule has 7 heteroatoms. The van der Waals surface area contributed by atoms with Gasteiger partial charge in [-0.05, 0) is 38.0 Å². The van der Waals surface area contributed by atoms with Crippen LogP contribution >= 0.6 is 11.6 Å². The lowest BCUT2D eigenvalue weighted by Crippen LogP contribution is -2.31. The number of hydrogen-bond acceptors (Lipinski definition) is 4. The number of amides is 1. The topological polar surface area (TPSA) is 59.2 Å². The summed E-state index contributed by atoms with van der Waals surface area (Å²) in [6.07, 6.45) is 1.54. The first-order chi connectivity index (χ1) is 13.0. The van der Waals surface area contributed by atoms with E-state index in [1.165, 1.54) is 12.1 Å². The summed E-state index contributed by atoms with van der Waals surface area (Å²) < 4.78 is 18.7. The van der Waals surface area contributed by atoms with Crippen LogP contribution < -0.4 is 0 Å². The number of carbonyl (C=O) groups excluding carboxylic acids is 1. The Morgan fingerprint density at radius 3 is 2.78 bits per heavy atom. The van der Waals surface area contributed by atoms with E-state index in [1.54, 1.807) is 4.90 Å². The van der Waals surface area contributed by atoms with Crippen molar-refractivity contribution >= 4 is 17.5 Å². The van der Waals surface area contributed by atoms with Crippen LogP contribution in [0, 0.1) is 12.7 Å². The second-order valence-electron chi connectivity index (χ2n) is 6.60. The molecule has 1 unspecified atom stereocenters. The van der Waals surface area contributed by atoms with Gasteiger partial charge in [0.15, 0.2) is 0 Å². The summed E-state index contributed by atoms with van der Waals surface area (Å²) in [5, 5.41) is 4.15. The average molecular weight is 386 g/mol. The Morgan fingerprint density at radius 1 is 1.26 bits per heavy atom. The monoisotopic (exact) mass is 385 g/mol. The minimum absolute atomic E-state index is 0.0940. The molecule has 5 nitrogen and oxygen atoms in total. The third-order valence-electron chi connectivity index (χ3n) is 4.71. The maximum absolute atomic E-state index is 13.3. The van der Waals surface area contributed by atoms with Gasteiger partial charge in [-0.2, -0.15) is 4.98 Å². The highest BCUT2D eigenvalue weighted by molar-refractivity contribution is 6.33. The van der Waals surface area contributed by atoms with E-state index < -0.39 is 5.82 Å². The number of benzene rings is 2. The van der Waals surface area contributed by atoms with Crippen LogP contribution in [0.15, 0.2) is 47.0 Å². The van der Waals surface area contributed by atoms with Gasteiger partial charge in [-0.3, -0.25) is 4.79 Å². The van der Waals surface area contributed by atoms with Crippen molar-refractivity contribution in [3.63, 3.8) is 0 Å². The first-order valence-electron chi connectivity index (χ1n) is 8.69. The van der Waals surface area contributed by atoms with Crippen molar-refractivity contribution in [3.05, 3.63) is 70.3 Å². The van der Waals surface area contributed by atoms with E-state index in [4.69, 9.17) is 16.1 Å². The molecule has 1 atom stereocenters. The van der Waals surface area contributed by atoms with Gasteiger partial charge in [-0.15, -0.1) is 0 Å². The smallest absolute Gasteiger partial charge is 0.256 e. The van der Waals surface area contributed by atoms with Crippen LogP contribution in [0.25, 0.3) is 11.4 Å². The van der Waals surface area contributed by atoms with Crippen LogP contribution in [0.2, 0.25) is 5.02 Å². The molecule has 1 aromatic heterocycles. The predicted molar refractivity (Wildman–Crippen MR) is 98.9 cm³/mol. The van der Waals surface area contributed by atoms with Crippen molar-refractivity contribution in [3.8, 4) is 11.4 Å². The van der Waals surface area contributed by atoms with Gasteiger partial charge < -0.3 is 9.42 Å². The number of likely N-dealkylation sites (tertiary alicyclic amines) is 1. The summed E-state index contributed by atoms with van der Waals surface area (Å²) in [7, 11) is 0. The van der Waals surface area contributed by atoms with Crippen LogP contribution in [0.4, 0.5) is 4.39 Å². The Bertz CT molecular complexity index is 987. The molecule has 138 valence electrons.